The van der Waals surface area contributed by atoms with Crippen molar-refractivity contribution >= 4 is 29.6 Å². The van der Waals surface area contributed by atoms with E-state index >= 15 is 0 Å². The van der Waals surface area contributed by atoms with Gasteiger partial charge < -0.3 is 32.5 Å². The minimum absolute atomic E-state index is 0.0832. The maximum Gasteiger partial charge on any atom is 0.326 e. The molecule has 0 aromatic carbocycles. The molecule has 0 saturated carbocycles. The molecule has 0 radical (unpaired) electrons. The summed E-state index contributed by atoms with van der Waals surface area (Å²) >= 11 is 0. The zero-order chi connectivity index (χ0) is 23.4. The molecule has 11 nitrogen and oxygen atoms in total. The Balaban J connectivity index is 5.42. The third-order valence-corrected chi connectivity index (χ3v) is 4.63. The second-order valence-corrected chi connectivity index (χ2v) is 7.73. The number of primary amides is 1. The van der Waals surface area contributed by atoms with Gasteiger partial charge in [-0.1, -0.05) is 34.1 Å². The third-order valence-electron chi connectivity index (χ3n) is 4.63. The Labute approximate surface area is 176 Å². The Kier molecular flexibility index (Phi) is 12.3. The zero-order valence-corrected chi connectivity index (χ0v) is 18.1. The van der Waals surface area contributed by atoms with Gasteiger partial charge in [-0.3, -0.25) is 19.2 Å². The largest absolute Gasteiger partial charge is 0.480 e. The number of amides is 4. The molecule has 172 valence electrons. The van der Waals surface area contributed by atoms with Gasteiger partial charge in [0.15, 0.2) is 0 Å². The van der Waals surface area contributed by atoms with Crippen LogP contribution >= 0.6 is 0 Å². The molecule has 0 rings (SSSR count). The van der Waals surface area contributed by atoms with Gasteiger partial charge >= 0.3 is 5.97 Å². The monoisotopic (exact) mass is 429 g/mol. The molecule has 0 aliphatic heterocycles. The van der Waals surface area contributed by atoms with Crippen molar-refractivity contribution in [1.29, 1.82) is 0 Å². The van der Waals surface area contributed by atoms with Crippen LogP contribution < -0.4 is 27.4 Å². The number of hydrogen-bond acceptors (Lipinski definition) is 6. The molecule has 0 aliphatic rings. The standard InChI is InChI=1S/C19H35N5O6/c1-5-11(4)16(18(28)23-12(19(29)30)6-7-14(21)25)24-17(27)13(8-10(2)3)22-15(26)9-20/h10-13,16H,5-9,20H2,1-4H3,(H2,21,25)(H,22,26)(H,23,28)(H,24,27)(H,29,30). The normalized spacial score (nSPS) is 14.9. The van der Waals surface area contributed by atoms with E-state index in [9.17, 15) is 29.1 Å². The smallest absolute Gasteiger partial charge is 0.326 e. The lowest BCUT2D eigenvalue weighted by atomic mass is 9.96. The van der Waals surface area contributed by atoms with Crippen molar-refractivity contribution < 1.29 is 29.1 Å². The highest BCUT2D eigenvalue weighted by atomic mass is 16.4. The molecule has 0 aromatic heterocycles. The average molecular weight is 430 g/mol. The number of carbonyl (C=O) groups excluding carboxylic acids is 4. The summed E-state index contributed by atoms with van der Waals surface area (Å²) in [6.07, 6.45) is 0.490. The molecule has 4 unspecified atom stereocenters. The Hall–Kier alpha value is -2.69. The van der Waals surface area contributed by atoms with Crippen LogP contribution in [0.15, 0.2) is 0 Å². The van der Waals surface area contributed by atoms with E-state index in [4.69, 9.17) is 11.5 Å². The van der Waals surface area contributed by atoms with Crippen LogP contribution in [-0.2, 0) is 24.0 Å². The lowest BCUT2D eigenvalue weighted by molar-refractivity contribution is -0.143. The number of rotatable bonds is 14. The number of carbonyl (C=O) groups is 5. The summed E-state index contributed by atoms with van der Waals surface area (Å²) in [7, 11) is 0. The predicted octanol–water partition coefficient (Wildman–Crippen LogP) is -1.16. The molecular weight excluding hydrogens is 394 g/mol. The van der Waals surface area contributed by atoms with Gasteiger partial charge in [0.05, 0.1) is 6.54 Å². The molecule has 0 aromatic rings. The van der Waals surface area contributed by atoms with Crippen LogP contribution in [0.4, 0.5) is 0 Å². The molecule has 0 heterocycles. The Morgan fingerprint density at radius 3 is 1.97 bits per heavy atom. The maximum absolute atomic E-state index is 12.8. The van der Waals surface area contributed by atoms with E-state index in [2.05, 4.69) is 16.0 Å². The minimum Gasteiger partial charge on any atom is -0.480 e. The second kappa shape index (κ2) is 13.5. The van der Waals surface area contributed by atoms with E-state index in [1.54, 1.807) is 6.92 Å². The summed E-state index contributed by atoms with van der Waals surface area (Å²) in [5.74, 6) is -3.98. The fourth-order valence-corrected chi connectivity index (χ4v) is 2.72. The van der Waals surface area contributed by atoms with Crippen molar-refractivity contribution in [2.45, 2.75) is 71.5 Å². The van der Waals surface area contributed by atoms with Crippen molar-refractivity contribution in [2.24, 2.45) is 23.3 Å². The summed E-state index contributed by atoms with van der Waals surface area (Å²) in [5.41, 5.74) is 10.4. The molecule has 0 bridgehead atoms. The second-order valence-electron chi connectivity index (χ2n) is 7.73. The molecule has 4 amide bonds. The van der Waals surface area contributed by atoms with Crippen molar-refractivity contribution in [2.75, 3.05) is 6.54 Å². The highest BCUT2D eigenvalue weighted by molar-refractivity contribution is 5.93. The number of hydrogen-bond donors (Lipinski definition) is 6. The van der Waals surface area contributed by atoms with E-state index in [1.165, 1.54) is 0 Å². The van der Waals surface area contributed by atoms with Gasteiger partial charge in [-0.05, 0) is 24.7 Å². The summed E-state index contributed by atoms with van der Waals surface area (Å²) in [6, 6.07) is -3.23. The van der Waals surface area contributed by atoms with Crippen molar-refractivity contribution in [3.8, 4) is 0 Å². The topological polar surface area (TPSA) is 194 Å². The average Bonchev–Trinajstić information content (AvgIpc) is 2.66. The van der Waals surface area contributed by atoms with Gasteiger partial charge in [0.25, 0.3) is 0 Å². The maximum atomic E-state index is 12.8. The Bertz CT molecular complexity index is 625. The van der Waals surface area contributed by atoms with E-state index < -0.39 is 47.7 Å². The Morgan fingerprint density at radius 1 is 0.933 bits per heavy atom. The molecule has 0 saturated heterocycles. The first kappa shape index (κ1) is 27.3. The quantitative estimate of drug-likeness (QED) is 0.200. The first-order valence-corrected chi connectivity index (χ1v) is 10.0. The Morgan fingerprint density at radius 2 is 1.53 bits per heavy atom. The zero-order valence-electron chi connectivity index (χ0n) is 18.1. The van der Waals surface area contributed by atoms with Gasteiger partial charge in [-0.25, -0.2) is 4.79 Å². The van der Waals surface area contributed by atoms with Crippen LogP contribution in [0.25, 0.3) is 0 Å². The summed E-state index contributed by atoms with van der Waals surface area (Å²) in [6.45, 7) is 7.03. The minimum atomic E-state index is -1.32. The molecule has 0 spiro atoms. The number of nitrogens with two attached hydrogens (primary N) is 2. The first-order chi connectivity index (χ1) is 13.9. The fourth-order valence-electron chi connectivity index (χ4n) is 2.72. The molecular formula is C19H35N5O6. The highest BCUT2D eigenvalue weighted by Gasteiger charge is 2.32. The van der Waals surface area contributed by atoms with Gasteiger partial charge in [0.1, 0.15) is 18.1 Å². The van der Waals surface area contributed by atoms with E-state index in [0.29, 0.717) is 12.8 Å². The van der Waals surface area contributed by atoms with Crippen LogP contribution in [0, 0.1) is 11.8 Å². The first-order valence-electron chi connectivity index (χ1n) is 10.0. The van der Waals surface area contributed by atoms with E-state index in [-0.39, 0.29) is 31.2 Å². The van der Waals surface area contributed by atoms with Crippen LogP contribution in [0.5, 0.6) is 0 Å². The van der Waals surface area contributed by atoms with Crippen LogP contribution in [0.2, 0.25) is 0 Å². The third kappa shape index (κ3) is 10.2. The number of nitrogens with one attached hydrogen (secondary N) is 3. The van der Waals surface area contributed by atoms with Crippen molar-refractivity contribution in [1.82, 2.24) is 16.0 Å². The molecule has 0 fully saturated rings. The summed E-state index contributed by atoms with van der Waals surface area (Å²) < 4.78 is 0. The number of carboxylic acid groups (broad SMARTS) is 1. The van der Waals surface area contributed by atoms with Crippen molar-refractivity contribution in [3.63, 3.8) is 0 Å². The number of aliphatic carboxylic acids is 1. The summed E-state index contributed by atoms with van der Waals surface area (Å²) in [5, 5.41) is 16.8. The van der Waals surface area contributed by atoms with Gasteiger partial charge in [-0.15, -0.1) is 0 Å². The molecule has 30 heavy (non-hydrogen) atoms. The number of carboxylic acids is 1. The molecule has 11 heteroatoms. The molecule has 0 aliphatic carbocycles. The van der Waals surface area contributed by atoms with Crippen LogP contribution in [0.1, 0.15) is 53.4 Å². The van der Waals surface area contributed by atoms with Crippen molar-refractivity contribution in [3.05, 3.63) is 0 Å². The van der Waals surface area contributed by atoms with Crippen LogP contribution in [-0.4, -0.2) is 59.4 Å². The highest BCUT2D eigenvalue weighted by Crippen LogP contribution is 2.11. The van der Waals surface area contributed by atoms with E-state index in [1.807, 2.05) is 20.8 Å². The van der Waals surface area contributed by atoms with Gasteiger partial charge in [0.2, 0.25) is 23.6 Å². The fraction of sp³-hybridized carbons (Fsp3) is 0.737. The molecule has 8 N–H and O–H groups in total. The lowest BCUT2D eigenvalue weighted by Gasteiger charge is -2.28. The summed E-state index contributed by atoms with van der Waals surface area (Å²) in [4.78, 5) is 59.5. The predicted molar refractivity (Wildman–Crippen MR) is 110 cm³/mol. The SMILES string of the molecule is CCC(C)C(NC(=O)C(CC(C)C)NC(=O)CN)C(=O)NC(CCC(N)=O)C(=O)O. The van der Waals surface area contributed by atoms with Gasteiger partial charge in [-0.2, -0.15) is 0 Å². The van der Waals surface area contributed by atoms with Crippen LogP contribution in [0.3, 0.4) is 0 Å². The molecule has 4 atom stereocenters. The van der Waals surface area contributed by atoms with E-state index in [0.717, 1.165) is 0 Å². The lowest BCUT2D eigenvalue weighted by Crippen LogP contribution is -2.58. The van der Waals surface area contributed by atoms with Gasteiger partial charge in [0, 0.05) is 6.42 Å².